The molecule has 0 heterocycles. The fraction of sp³-hybridized carbons (Fsp3) is 0.500. The molecule has 25 heavy (non-hydrogen) atoms. The van der Waals surface area contributed by atoms with E-state index >= 15 is 0 Å². The highest BCUT2D eigenvalue weighted by atomic mass is 16.5. The lowest BCUT2D eigenvalue weighted by molar-refractivity contribution is -0.143. The Balaban J connectivity index is 2.72. The van der Waals surface area contributed by atoms with Gasteiger partial charge >= 0.3 is 12.0 Å². The number of hydrogen-bond acceptors (Lipinski definition) is 5. The van der Waals surface area contributed by atoms with Gasteiger partial charge in [-0.25, -0.2) is 4.79 Å². The molecule has 0 aliphatic heterocycles. The summed E-state index contributed by atoms with van der Waals surface area (Å²) in [4.78, 5) is 24.9. The topological polar surface area (TPSA) is 103 Å². The number of ether oxygens (including phenoxy) is 1. The number of esters is 1. The molecule has 0 radical (unpaired) electrons. The van der Waals surface area contributed by atoms with Gasteiger partial charge in [0.15, 0.2) is 0 Å². The first kappa shape index (κ1) is 20.6. The highest BCUT2D eigenvalue weighted by Crippen LogP contribution is 2.16. The number of carbonyl (C=O) groups is 2. The second-order valence-corrected chi connectivity index (χ2v) is 5.68. The van der Waals surface area contributed by atoms with Crippen LogP contribution in [0, 0.1) is 5.41 Å². The van der Waals surface area contributed by atoms with Crippen LogP contribution in [0.25, 0.3) is 0 Å². The molecule has 138 valence electrons. The van der Waals surface area contributed by atoms with Gasteiger partial charge < -0.3 is 15.2 Å². The van der Waals surface area contributed by atoms with Crippen LogP contribution in [-0.2, 0) is 16.0 Å². The predicted octanol–water partition coefficient (Wildman–Crippen LogP) is 2.46. The fourth-order valence-corrected chi connectivity index (χ4v) is 2.35. The number of hydrogen-bond donors (Lipinski definition) is 3. The van der Waals surface area contributed by atoms with E-state index in [9.17, 15) is 14.7 Å². The minimum Gasteiger partial charge on any atom is -0.466 e. The first-order chi connectivity index (χ1) is 11.9. The predicted molar refractivity (Wildman–Crippen MR) is 97.0 cm³/mol. The molecule has 0 aliphatic carbocycles. The number of nitrogens with one attached hydrogen (secondary N) is 2. The molecule has 1 aromatic rings. The van der Waals surface area contributed by atoms with Crippen LogP contribution in [0.3, 0.4) is 0 Å². The van der Waals surface area contributed by atoms with E-state index < -0.39 is 12.1 Å². The number of amides is 2. The molecule has 3 N–H and O–H groups in total. The van der Waals surface area contributed by atoms with Gasteiger partial charge in [-0.3, -0.25) is 15.1 Å². The van der Waals surface area contributed by atoms with Gasteiger partial charge in [-0.05, 0) is 44.4 Å². The smallest absolute Gasteiger partial charge is 0.327 e. The molecule has 7 heteroatoms. The van der Waals surface area contributed by atoms with Crippen molar-refractivity contribution in [1.29, 1.82) is 5.41 Å². The molecule has 0 aromatic heterocycles. The maximum absolute atomic E-state index is 12.3. The maximum Gasteiger partial charge on any atom is 0.327 e. The van der Waals surface area contributed by atoms with Gasteiger partial charge in [0, 0.05) is 6.42 Å². The van der Waals surface area contributed by atoms with Gasteiger partial charge in [0.25, 0.3) is 0 Å². The number of rotatable bonds is 9. The van der Waals surface area contributed by atoms with Crippen molar-refractivity contribution in [3.05, 3.63) is 29.8 Å². The van der Waals surface area contributed by atoms with Crippen LogP contribution in [0.4, 0.5) is 10.5 Å². The van der Waals surface area contributed by atoms with E-state index in [2.05, 4.69) is 5.32 Å². The molecule has 2 amide bonds. The molecule has 2 unspecified atom stereocenters. The Morgan fingerprint density at radius 3 is 2.44 bits per heavy atom. The Bertz CT molecular complexity index is 572. The van der Waals surface area contributed by atoms with E-state index in [1.807, 2.05) is 19.1 Å². The number of nitrogens with zero attached hydrogens (tertiary/aromatic N) is 1. The second kappa shape index (κ2) is 10.5. The Morgan fingerprint density at radius 2 is 1.96 bits per heavy atom. The van der Waals surface area contributed by atoms with E-state index in [-0.39, 0.29) is 12.0 Å². The van der Waals surface area contributed by atoms with Crippen LogP contribution in [0.15, 0.2) is 24.3 Å². The van der Waals surface area contributed by atoms with Crippen LogP contribution in [0.1, 0.15) is 39.2 Å². The summed E-state index contributed by atoms with van der Waals surface area (Å²) < 4.78 is 4.89. The van der Waals surface area contributed by atoms with Crippen molar-refractivity contribution in [3.8, 4) is 0 Å². The lowest BCUT2D eigenvalue weighted by Crippen LogP contribution is -2.48. The molecule has 0 saturated heterocycles. The first-order valence-electron chi connectivity index (χ1n) is 8.45. The molecule has 2 atom stereocenters. The van der Waals surface area contributed by atoms with Gasteiger partial charge in [-0.1, -0.05) is 19.1 Å². The molecule has 0 fully saturated rings. The third-order valence-corrected chi connectivity index (χ3v) is 3.82. The van der Waals surface area contributed by atoms with Crippen LogP contribution >= 0.6 is 0 Å². The summed E-state index contributed by atoms with van der Waals surface area (Å²) in [7, 11) is 0. The molecule has 0 bridgehead atoms. The molecule has 0 saturated carbocycles. The quantitative estimate of drug-likeness (QED) is 0.362. The Kier molecular flexibility index (Phi) is 8.63. The molecule has 0 spiro atoms. The first-order valence-corrected chi connectivity index (χ1v) is 8.45. The molecular formula is C18H27N3O4. The molecular weight excluding hydrogens is 322 g/mol. The number of urea groups is 1. The lowest BCUT2D eigenvalue weighted by Gasteiger charge is -2.24. The van der Waals surface area contributed by atoms with Gasteiger partial charge in [0.2, 0.25) is 0 Å². The van der Waals surface area contributed by atoms with E-state index in [0.29, 0.717) is 31.6 Å². The van der Waals surface area contributed by atoms with E-state index in [1.54, 1.807) is 26.0 Å². The van der Waals surface area contributed by atoms with Crippen LogP contribution in [0.2, 0.25) is 0 Å². The summed E-state index contributed by atoms with van der Waals surface area (Å²) in [6.45, 7) is 5.61. The fourth-order valence-electron chi connectivity index (χ4n) is 2.35. The SMILES string of the molecule is CCOC(=O)CCc1ccc(N(C=N)C(=O)NC(CC)C(C)O)cc1. The van der Waals surface area contributed by atoms with Crippen LogP contribution in [-0.4, -0.2) is 42.2 Å². The normalized spacial score (nSPS) is 12.8. The molecule has 0 aliphatic rings. The van der Waals surface area contributed by atoms with E-state index in [0.717, 1.165) is 11.9 Å². The third kappa shape index (κ3) is 6.54. The zero-order valence-electron chi connectivity index (χ0n) is 15.0. The zero-order chi connectivity index (χ0) is 18.8. The van der Waals surface area contributed by atoms with Crippen molar-refractivity contribution in [1.82, 2.24) is 5.32 Å². The number of carbonyl (C=O) groups excluding carboxylic acids is 2. The van der Waals surface area contributed by atoms with Gasteiger partial charge in [-0.15, -0.1) is 0 Å². The summed E-state index contributed by atoms with van der Waals surface area (Å²) in [5, 5.41) is 19.8. The summed E-state index contributed by atoms with van der Waals surface area (Å²) in [5.41, 5.74) is 1.48. The summed E-state index contributed by atoms with van der Waals surface area (Å²) in [6.07, 6.45) is 1.69. The van der Waals surface area contributed by atoms with E-state index in [1.165, 1.54) is 4.90 Å². The summed E-state index contributed by atoms with van der Waals surface area (Å²) >= 11 is 0. The van der Waals surface area contributed by atoms with Crippen molar-refractivity contribution < 1.29 is 19.4 Å². The van der Waals surface area contributed by atoms with Crippen molar-refractivity contribution in [2.24, 2.45) is 0 Å². The number of aliphatic hydroxyl groups excluding tert-OH is 1. The summed E-state index contributed by atoms with van der Waals surface area (Å²) in [5.74, 6) is -0.240. The van der Waals surface area contributed by atoms with Crippen LogP contribution in [0.5, 0.6) is 0 Å². The number of benzene rings is 1. The Labute approximate surface area is 148 Å². The largest absolute Gasteiger partial charge is 0.466 e. The lowest BCUT2D eigenvalue weighted by atomic mass is 10.1. The average Bonchev–Trinajstić information content (AvgIpc) is 2.59. The Hall–Kier alpha value is -2.41. The molecule has 7 nitrogen and oxygen atoms in total. The van der Waals surface area contributed by atoms with Crippen molar-refractivity contribution in [2.45, 2.75) is 52.2 Å². The number of anilines is 1. The minimum atomic E-state index is -0.674. The monoisotopic (exact) mass is 349 g/mol. The standard InChI is InChI=1S/C18H27N3O4/c1-4-16(13(3)22)20-18(24)21(12-19)15-9-6-14(7-10-15)8-11-17(23)25-5-2/h6-7,9-10,12-13,16,19,22H,4-5,8,11H2,1-3H3,(H,20,24). The average molecular weight is 349 g/mol. The van der Waals surface area contributed by atoms with Gasteiger partial charge in [-0.2, -0.15) is 0 Å². The van der Waals surface area contributed by atoms with Crippen molar-refractivity contribution >= 4 is 24.0 Å². The molecule has 1 rings (SSSR count). The van der Waals surface area contributed by atoms with Gasteiger partial charge in [0.1, 0.15) is 0 Å². The highest BCUT2D eigenvalue weighted by Gasteiger charge is 2.20. The minimum absolute atomic E-state index is 0.240. The Morgan fingerprint density at radius 1 is 1.32 bits per heavy atom. The number of aliphatic hydroxyl groups is 1. The second-order valence-electron chi connectivity index (χ2n) is 5.68. The van der Waals surface area contributed by atoms with Crippen molar-refractivity contribution in [2.75, 3.05) is 11.5 Å². The highest BCUT2D eigenvalue weighted by molar-refractivity contribution is 6.06. The van der Waals surface area contributed by atoms with Crippen LogP contribution < -0.4 is 10.2 Å². The third-order valence-electron chi connectivity index (χ3n) is 3.82. The zero-order valence-corrected chi connectivity index (χ0v) is 15.0. The maximum atomic E-state index is 12.3. The summed E-state index contributed by atoms with van der Waals surface area (Å²) in [6, 6.07) is 6.21. The number of aryl methyl sites for hydroxylation is 1. The van der Waals surface area contributed by atoms with E-state index in [4.69, 9.17) is 10.1 Å². The van der Waals surface area contributed by atoms with Crippen molar-refractivity contribution in [3.63, 3.8) is 0 Å². The van der Waals surface area contributed by atoms with Gasteiger partial charge in [0.05, 0.1) is 30.8 Å². The molecule has 1 aromatic carbocycles.